The molecule has 1 aliphatic heterocycles. The van der Waals surface area contributed by atoms with Gasteiger partial charge in [-0.3, -0.25) is 14.5 Å². The largest absolute Gasteiger partial charge is 0.360 e. The van der Waals surface area contributed by atoms with Gasteiger partial charge in [-0.2, -0.15) is 0 Å². The number of anilines is 3. The molecule has 6 heteroatoms. The summed E-state index contributed by atoms with van der Waals surface area (Å²) in [7, 11) is 1.95. The van der Waals surface area contributed by atoms with Gasteiger partial charge >= 0.3 is 0 Å². The highest BCUT2D eigenvalue weighted by molar-refractivity contribution is 6.16. The van der Waals surface area contributed by atoms with E-state index in [0.29, 0.717) is 17.7 Å². The lowest BCUT2D eigenvalue weighted by atomic mass is 10.0. The molecule has 3 rings (SSSR count). The highest BCUT2D eigenvalue weighted by Crippen LogP contribution is 2.34. The summed E-state index contributed by atoms with van der Waals surface area (Å²) in [5.41, 5.74) is 1.86. The van der Waals surface area contributed by atoms with Crippen LogP contribution in [-0.2, 0) is 4.79 Å². The van der Waals surface area contributed by atoms with Crippen LogP contribution in [0.25, 0.3) is 0 Å². The minimum atomic E-state index is -0.514. The number of rotatable bonds is 5. The molecule has 26 heavy (non-hydrogen) atoms. The third-order valence-corrected chi connectivity index (χ3v) is 4.68. The molecule has 0 spiro atoms. The van der Waals surface area contributed by atoms with Gasteiger partial charge in [0.05, 0.1) is 16.9 Å². The Bertz CT molecular complexity index is 804. The Morgan fingerprint density at radius 2 is 2.00 bits per heavy atom. The molecule has 0 saturated heterocycles. The fraction of sp³-hybridized carbons (Fsp3) is 0.350. The monoisotopic (exact) mass is 352 g/mol. The van der Waals surface area contributed by atoms with E-state index >= 15 is 0 Å². The number of benzene rings is 1. The first kappa shape index (κ1) is 17.9. The Morgan fingerprint density at radius 3 is 2.65 bits per heavy atom. The third kappa shape index (κ3) is 3.27. The number of aromatic nitrogens is 1. The Labute approximate surface area is 153 Å². The van der Waals surface area contributed by atoms with Crippen LogP contribution in [0.4, 0.5) is 17.2 Å². The molecule has 1 N–H and O–H groups in total. The molecule has 1 aromatic carbocycles. The van der Waals surface area contributed by atoms with Gasteiger partial charge in [0.15, 0.2) is 0 Å². The minimum Gasteiger partial charge on any atom is -0.360 e. The van der Waals surface area contributed by atoms with Crippen molar-refractivity contribution in [3.05, 3.63) is 48.2 Å². The first-order valence-electron chi connectivity index (χ1n) is 8.97. The number of fused-ring (bicyclic) bond motifs is 1. The zero-order chi connectivity index (χ0) is 18.7. The summed E-state index contributed by atoms with van der Waals surface area (Å²) >= 11 is 0. The van der Waals surface area contributed by atoms with Crippen molar-refractivity contribution in [2.24, 2.45) is 0 Å². The van der Waals surface area contributed by atoms with E-state index in [9.17, 15) is 9.59 Å². The number of amides is 2. The summed E-state index contributed by atoms with van der Waals surface area (Å²) < 4.78 is 0. The zero-order valence-corrected chi connectivity index (χ0v) is 15.4. The maximum atomic E-state index is 13.2. The number of para-hydroxylation sites is 2. The van der Waals surface area contributed by atoms with E-state index in [0.717, 1.165) is 24.5 Å². The molecule has 1 aliphatic rings. The highest BCUT2D eigenvalue weighted by atomic mass is 16.2. The van der Waals surface area contributed by atoms with E-state index in [1.165, 1.54) is 0 Å². The van der Waals surface area contributed by atoms with Crippen LogP contribution in [0.3, 0.4) is 0 Å². The average Bonchev–Trinajstić information content (AvgIpc) is 2.67. The minimum absolute atomic E-state index is 0.144. The number of carbonyl (C=O) groups is 2. The van der Waals surface area contributed by atoms with Gasteiger partial charge in [0.1, 0.15) is 11.9 Å². The number of nitrogens with zero attached hydrogens (tertiary/aromatic N) is 3. The van der Waals surface area contributed by atoms with Crippen LogP contribution >= 0.6 is 0 Å². The van der Waals surface area contributed by atoms with Gasteiger partial charge in [0, 0.05) is 19.8 Å². The molecule has 0 aliphatic carbocycles. The molecule has 2 amide bonds. The van der Waals surface area contributed by atoms with Crippen molar-refractivity contribution in [2.45, 2.75) is 32.7 Å². The molecule has 136 valence electrons. The van der Waals surface area contributed by atoms with Gasteiger partial charge in [-0.1, -0.05) is 25.5 Å². The topological polar surface area (TPSA) is 65.5 Å². The number of nitrogens with one attached hydrogen (secondary N) is 1. The Kier molecular flexibility index (Phi) is 5.21. The van der Waals surface area contributed by atoms with Crippen molar-refractivity contribution < 1.29 is 9.59 Å². The molecular weight excluding hydrogens is 328 g/mol. The van der Waals surface area contributed by atoms with Crippen molar-refractivity contribution in [1.29, 1.82) is 0 Å². The summed E-state index contributed by atoms with van der Waals surface area (Å²) in [4.78, 5) is 33.8. The summed E-state index contributed by atoms with van der Waals surface area (Å²) in [6, 6.07) is 10.5. The molecule has 0 fully saturated rings. The normalized spacial score (nSPS) is 16.0. The van der Waals surface area contributed by atoms with E-state index in [1.54, 1.807) is 17.2 Å². The fourth-order valence-electron chi connectivity index (χ4n) is 3.11. The van der Waals surface area contributed by atoms with Crippen molar-refractivity contribution in [1.82, 2.24) is 4.98 Å². The Balaban J connectivity index is 1.98. The lowest BCUT2D eigenvalue weighted by Gasteiger charge is -2.36. The van der Waals surface area contributed by atoms with Crippen LogP contribution in [-0.4, -0.2) is 36.4 Å². The van der Waals surface area contributed by atoms with Gasteiger partial charge in [-0.05, 0) is 37.6 Å². The second-order valence-electron chi connectivity index (χ2n) is 6.41. The van der Waals surface area contributed by atoms with E-state index in [4.69, 9.17) is 0 Å². The van der Waals surface area contributed by atoms with Crippen LogP contribution in [0.1, 0.15) is 37.0 Å². The molecule has 6 nitrogen and oxygen atoms in total. The maximum absolute atomic E-state index is 13.2. The van der Waals surface area contributed by atoms with Crippen LogP contribution in [0.5, 0.6) is 0 Å². The Morgan fingerprint density at radius 1 is 1.23 bits per heavy atom. The van der Waals surface area contributed by atoms with E-state index in [2.05, 4.69) is 10.3 Å². The first-order chi connectivity index (χ1) is 12.6. The predicted octanol–water partition coefficient (Wildman–Crippen LogP) is 3.31. The van der Waals surface area contributed by atoms with Crippen LogP contribution < -0.4 is 15.1 Å². The SMILES string of the molecule is CCC[C@H]1C(=O)Nc2ccccc2N1C(=O)c1ccc(N(C)CC)nc1. The van der Waals surface area contributed by atoms with Crippen molar-refractivity contribution in [3.63, 3.8) is 0 Å². The standard InChI is InChI=1S/C20H24N4O2/c1-4-8-17-19(25)22-15-9-6-7-10-16(15)24(17)20(26)14-11-12-18(21-13-14)23(3)5-2/h6-7,9-13,17H,4-5,8H2,1-3H3,(H,22,25)/t17-/m0/s1. The van der Waals surface area contributed by atoms with Crippen LogP contribution in [0.15, 0.2) is 42.6 Å². The maximum Gasteiger partial charge on any atom is 0.260 e. The van der Waals surface area contributed by atoms with E-state index in [1.807, 2.05) is 56.1 Å². The lowest BCUT2D eigenvalue weighted by molar-refractivity contribution is -0.117. The molecule has 2 heterocycles. The summed E-state index contributed by atoms with van der Waals surface area (Å²) in [6.07, 6.45) is 3.00. The molecule has 0 bridgehead atoms. The second-order valence-corrected chi connectivity index (χ2v) is 6.41. The Hall–Kier alpha value is -2.89. The van der Waals surface area contributed by atoms with Crippen molar-refractivity contribution in [3.8, 4) is 0 Å². The van der Waals surface area contributed by atoms with Crippen LogP contribution in [0, 0.1) is 0 Å². The smallest absolute Gasteiger partial charge is 0.260 e. The second kappa shape index (κ2) is 7.56. The van der Waals surface area contributed by atoms with Gasteiger partial charge in [-0.15, -0.1) is 0 Å². The fourth-order valence-corrected chi connectivity index (χ4v) is 3.11. The number of hydrogen-bond acceptors (Lipinski definition) is 4. The number of pyridine rings is 1. The molecule has 1 aromatic heterocycles. The van der Waals surface area contributed by atoms with Gasteiger partial charge in [-0.25, -0.2) is 4.98 Å². The quantitative estimate of drug-likeness (QED) is 0.897. The lowest BCUT2D eigenvalue weighted by Crippen LogP contribution is -2.51. The van der Waals surface area contributed by atoms with Gasteiger partial charge < -0.3 is 10.2 Å². The molecular formula is C20H24N4O2. The molecule has 2 aromatic rings. The first-order valence-corrected chi connectivity index (χ1v) is 8.97. The van der Waals surface area contributed by atoms with E-state index < -0.39 is 6.04 Å². The van der Waals surface area contributed by atoms with E-state index in [-0.39, 0.29) is 11.8 Å². The molecule has 1 atom stereocenters. The van der Waals surface area contributed by atoms with Crippen molar-refractivity contribution >= 4 is 29.0 Å². The number of hydrogen-bond donors (Lipinski definition) is 1. The van der Waals surface area contributed by atoms with Gasteiger partial charge in [0.2, 0.25) is 5.91 Å². The van der Waals surface area contributed by atoms with Crippen molar-refractivity contribution in [2.75, 3.05) is 28.7 Å². The summed E-state index contributed by atoms with van der Waals surface area (Å²) in [6.45, 7) is 4.88. The zero-order valence-electron chi connectivity index (χ0n) is 15.4. The highest BCUT2D eigenvalue weighted by Gasteiger charge is 2.36. The molecule has 0 radical (unpaired) electrons. The summed E-state index contributed by atoms with van der Waals surface area (Å²) in [5, 5.41) is 2.91. The average molecular weight is 352 g/mol. The molecule has 0 unspecified atom stereocenters. The van der Waals surface area contributed by atoms with Crippen LogP contribution in [0.2, 0.25) is 0 Å². The molecule has 0 saturated carbocycles. The predicted molar refractivity (Wildman–Crippen MR) is 104 cm³/mol. The third-order valence-electron chi connectivity index (χ3n) is 4.68. The summed E-state index contributed by atoms with van der Waals surface area (Å²) in [5.74, 6) is 0.462. The van der Waals surface area contributed by atoms with Gasteiger partial charge in [0.25, 0.3) is 5.91 Å². The number of carbonyl (C=O) groups excluding carboxylic acids is 2.